The highest BCUT2D eigenvalue weighted by Crippen LogP contribution is 2.29. The van der Waals surface area contributed by atoms with Gasteiger partial charge in [-0.3, -0.25) is 4.68 Å². The molecule has 2 heterocycles. The number of nitrogens with zero attached hydrogens (tertiary/aromatic N) is 2. The van der Waals surface area contributed by atoms with Crippen molar-refractivity contribution < 1.29 is 0 Å². The van der Waals surface area contributed by atoms with Gasteiger partial charge in [0.15, 0.2) is 0 Å². The predicted octanol–water partition coefficient (Wildman–Crippen LogP) is 2.86. The number of aryl methyl sites for hydroxylation is 2. The van der Waals surface area contributed by atoms with E-state index < -0.39 is 0 Å². The minimum Gasteiger partial charge on any atom is -0.317 e. The van der Waals surface area contributed by atoms with Crippen LogP contribution in [0.5, 0.6) is 0 Å². The topological polar surface area (TPSA) is 29.9 Å². The first-order chi connectivity index (χ1) is 9.25. The second kappa shape index (κ2) is 5.17. The lowest BCUT2D eigenvalue weighted by molar-refractivity contribution is 0.450. The molecule has 0 atom stereocenters. The summed E-state index contributed by atoms with van der Waals surface area (Å²) in [5.41, 5.74) is 5.08. The molecule has 1 N–H and O–H groups in total. The van der Waals surface area contributed by atoms with E-state index in [0.29, 0.717) is 5.92 Å². The third-order valence-corrected chi connectivity index (χ3v) is 4.08. The maximum absolute atomic E-state index is 4.74. The van der Waals surface area contributed by atoms with Gasteiger partial charge in [0, 0.05) is 18.5 Å². The number of hydrogen-bond donors (Lipinski definition) is 1. The average molecular weight is 255 g/mol. The molecule has 1 aliphatic rings. The lowest BCUT2D eigenvalue weighted by atomic mass is 9.94. The number of benzene rings is 1. The van der Waals surface area contributed by atoms with Crippen molar-refractivity contribution in [1.82, 2.24) is 15.1 Å². The Hall–Kier alpha value is -1.61. The second-order valence-electron chi connectivity index (χ2n) is 5.42. The molecule has 3 rings (SSSR count). The molecule has 2 aromatic rings. The molecule has 100 valence electrons. The van der Waals surface area contributed by atoms with E-state index >= 15 is 0 Å². The van der Waals surface area contributed by atoms with Crippen molar-refractivity contribution >= 4 is 0 Å². The van der Waals surface area contributed by atoms with Gasteiger partial charge in [-0.15, -0.1) is 0 Å². The number of aromatic nitrogens is 2. The fraction of sp³-hybridized carbons (Fsp3) is 0.438. The summed E-state index contributed by atoms with van der Waals surface area (Å²) in [4.78, 5) is 0. The fourth-order valence-electron chi connectivity index (χ4n) is 2.92. The van der Waals surface area contributed by atoms with E-state index in [0.717, 1.165) is 13.1 Å². The van der Waals surface area contributed by atoms with Gasteiger partial charge in [-0.1, -0.05) is 24.3 Å². The molecule has 0 radical (unpaired) electrons. The Bertz CT molecular complexity index is 565. The van der Waals surface area contributed by atoms with Crippen LogP contribution in [0.1, 0.15) is 30.0 Å². The minimum absolute atomic E-state index is 0.616. The number of nitrogens with one attached hydrogen (secondary N) is 1. The van der Waals surface area contributed by atoms with E-state index in [2.05, 4.69) is 42.6 Å². The smallest absolute Gasteiger partial charge is 0.0684 e. The molecule has 0 unspecified atom stereocenters. The maximum Gasteiger partial charge on any atom is 0.0684 e. The summed E-state index contributed by atoms with van der Waals surface area (Å²) in [6.07, 6.45) is 2.40. The van der Waals surface area contributed by atoms with E-state index in [1.807, 2.05) is 11.7 Å². The van der Waals surface area contributed by atoms with Gasteiger partial charge in [0.25, 0.3) is 0 Å². The molecular formula is C16H21N3. The standard InChI is InChI=1S/C16H21N3/c1-12-5-3-4-6-14(12)16-11-15(18-19(16)2)13-7-9-17-10-8-13/h3-6,11,13,17H,7-10H2,1-2H3. The molecular weight excluding hydrogens is 234 g/mol. The summed E-state index contributed by atoms with van der Waals surface area (Å²) < 4.78 is 2.03. The van der Waals surface area contributed by atoms with Gasteiger partial charge in [0.2, 0.25) is 0 Å². The van der Waals surface area contributed by atoms with Gasteiger partial charge in [0.05, 0.1) is 11.4 Å². The highest BCUT2D eigenvalue weighted by Gasteiger charge is 2.19. The highest BCUT2D eigenvalue weighted by molar-refractivity contribution is 5.64. The Morgan fingerprint density at radius 2 is 1.95 bits per heavy atom. The number of hydrogen-bond acceptors (Lipinski definition) is 2. The van der Waals surface area contributed by atoms with Crippen LogP contribution in [0.2, 0.25) is 0 Å². The Kier molecular flexibility index (Phi) is 3.38. The molecule has 3 nitrogen and oxygen atoms in total. The van der Waals surface area contributed by atoms with E-state index in [4.69, 9.17) is 5.10 Å². The van der Waals surface area contributed by atoms with Gasteiger partial charge in [0.1, 0.15) is 0 Å². The van der Waals surface area contributed by atoms with Crippen LogP contribution < -0.4 is 5.32 Å². The molecule has 1 aliphatic heterocycles. The molecule has 0 aliphatic carbocycles. The Morgan fingerprint density at radius 1 is 1.21 bits per heavy atom. The molecule has 1 fully saturated rings. The summed E-state index contributed by atoms with van der Waals surface area (Å²) in [6.45, 7) is 4.38. The molecule has 0 spiro atoms. The van der Waals surface area contributed by atoms with Crippen LogP contribution in [0.4, 0.5) is 0 Å². The van der Waals surface area contributed by atoms with Crippen LogP contribution in [0.15, 0.2) is 30.3 Å². The van der Waals surface area contributed by atoms with Gasteiger partial charge < -0.3 is 5.32 Å². The maximum atomic E-state index is 4.74. The van der Waals surface area contributed by atoms with Gasteiger partial charge in [-0.25, -0.2) is 0 Å². The summed E-state index contributed by atoms with van der Waals surface area (Å²) >= 11 is 0. The van der Waals surface area contributed by atoms with Crippen molar-refractivity contribution in [3.8, 4) is 11.3 Å². The van der Waals surface area contributed by atoms with Crippen LogP contribution in [-0.2, 0) is 7.05 Å². The van der Waals surface area contributed by atoms with Crippen LogP contribution in [0.3, 0.4) is 0 Å². The summed E-state index contributed by atoms with van der Waals surface area (Å²) in [5, 5.41) is 8.15. The predicted molar refractivity (Wildman–Crippen MR) is 78.2 cm³/mol. The molecule has 0 amide bonds. The average Bonchev–Trinajstić information content (AvgIpc) is 2.82. The monoisotopic (exact) mass is 255 g/mol. The van der Waals surface area contributed by atoms with E-state index in [1.54, 1.807) is 0 Å². The van der Waals surface area contributed by atoms with E-state index in [9.17, 15) is 0 Å². The Morgan fingerprint density at radius 3 is 2.68 bits per heavy atom. The Balaban J connectivity index is 1.95. The quantitative estimate of drug-likeness (QED) is 0.894. The van der Waals surface area contributed by atoms with Gasteiger partial charge in [-0.05, 0) is 44.5 Å². The van der Waals surface area contributed by atoms with E-state index in [1.165, 1.54) is 35.4 Å². The number of piperidine rings is 1. The normalized spacial score (nSPS) is 16.7. The zero-order chi connectivity index (χ0) is 13.2. The van der Waals surface area contributed by atoms with E-state index in [-0.39, 0.29) is 0 Å². The van der Waals surface area contributed by atoms with Crippen molar-refractivity contribution in [3.63, 3.8) is 0 Å². The fourth-order valence-corrected chi connectivity index (χ4v) is 2.92. The molecule has 1 aromatic carbocycles. The summed E-state index contributed by atoms with van der Waals surface area (Å²) in [6, 6.07) is 10.8. The molecule has 1 saturated heterocycles. The first-order valence-corrected chi connectivity index (χ1v) is 7.06. The molecule has 19 heavy (non-hydrogen) atoms. The summed E-state index contributed by atoms with van der Waals surface area (Å²) in [5.74, 6) is 0.616. The lowest BCUT2D eigenvalue weighted by Crippen LogP contribution is -2.26. The van der Waals surface area contributed by atoms with Gasteiger partial charge in [-0.2, -0.15) is 5.10 Å². The number of rotatable bonds is 2. The largest absolute Gasteiger partial charge is 0.317 e. The van der Waals surface area contributed by atoms with Crippen LogP contribution >= 0.6 is 0 Å². The van der Waals surface area contributed by atoms with Crippen LogP contribution in [-0.4, -0.2) is 22.9 Å². The lowest BCUT2D eigenvalue weighted by Gasteiger charge is -2.20. The van der Waals surface area contributed by atoms with Crippen LogP contribution in [0, 0.1) is 6.92 Å². The molecule has 1 aromatic heterocycles. The zero-order valence-corrected chi connectivity index (χ0v) is 11.7. The highest BCUT2D eigenvalue weighted by atomic mass is 15.3. The van der Waals surface area contributed by atoms with Crippen molar-refractivity contribution in [2.45, 2.75) is 25.7 Å². The van der Waals surface area contributed by atoms with Crippen molar-refractivity contribution in [3.05, 3.63) is 41.6 Å². The SMILES string of the molecule is Cc1ccccc1-c1cc(C2CCNCC2)nn1C. The zero-order valence-electron chi connectivity index (χ0n) is 11.7. The first-order valence-electron chi connectivity index (χ1n) is 7.06. The van der Waals surface area contributed by atoms with Crippen molar-refractivity contribution in [1.29, 1.82) is 0 Å². The van der Waals surface area contributed by atoms with Crippen molar-refractivity contribution in [2.75, 3.05) is 13.1 Å². The molecule has 0 saturated carbocycles. The molecule has 3 heteroatoms. The van der Waals surface area contributed by atoms with Gasteiger partial charge >= 0.3 is 0 Å². The first kappa shape index (κ1) is 12.4. The molecule has 0 bridgehead atoms. The third kappa shape index (κ3) is 2.43. The second-order valence-corrected chi connectivity index (χ2v) is 5.42. The van der Waals surface area contributed by atoms with Crippen molar-refractivity contribution in [2.24, 2.45) is 7.05 Å². The minimum atomic E-state index is 0.616. The third-order valence-electron chi connectivity index (χ3n) is 4.08. The summed E-state index contributed by atoms with van der Waals surface area (Å²) in [7, 11) is 2.05. The van der Waals surface area contributed by atoms with Crippen LogP contribution in [0.25, 0.3) is 11.3 Å². The Labute approximate surface area is 114 Å².